The third-order valence-electron chi connectivity index (χ3n) is 4.60. The van der Waals surface area contributed by atoms with Crippen LogP contribution in [0.15, 0.2) is 18.2 Å². The number of quaternary nitrogens is 1. The van der Waals surface area contributed by atoms with Gasteiger partial charge in [-0.05, 0) is 44.9 Å². The Labute approximate surface area is 137 Å². The van der Waals surface area contributed by atoms with E-state index in [-0.39, 0.29) is 0 Å². The summed E-state index contributed by atoms with van der Waals surface area (Å²) in [6.45, 7) is 11.4. The summed E-state index contributed by atoms with van der Waals surface area (Å²) in [5, 5.41) is 1.82. The highest BCUT2D eigenvalue weighted by Crippen LogP contribution is 2.24. The predicted molar refractivity (Wildman–Crippen MR) is 90.6 cm³/mol. The van der Waals surface area contributed by atoms with E-state index in [2.05, 4.69) is 50.9 Å². The van der Waals surface area contributed by atoms with Gasteiger partial charge in [0.2, 0.25) is 0 Å². The lowest BCUT2D eigenvalue weighted by Gasteiger charge is -2.32. The van der Waals surface area contributed by atoms with Crippen molar-refractivity contribution in [3.8, 4) is 0 Å². The Morgan fingerprint density at radius 1 is 1.23 bits per heavy atom. The molecule has 1 aliphatic heterocycles. The monoisotopic (exact) mass is 319 g/mol. The highest BCUT2D eigenvalue weighted by molar-refractivity contribution is 6.30. The summed E-state index contributed by atoms with van der Waals surface area (Å²) in [5.74, 6) is 0. The number of hydrogen-bond donors (Lipinski definition) is 1. The van der Waals surface area contributed by atoms with Crippen molar-refractivity contribution in [2.45, 2.75) is 46.4 Å². The molecule has 2 heterocycles. The van der Waals surface area contributed by atoms with E-state index < -0.39 is 0 Å². The minimum Gasteiger partial charge on any atom is -0.364 e. The maximum absolute atomic E-state index is 6.46. The van der Waals surface area contributed by atoms with Gasteiger partial charge in [0.15, 0.2) is 0 Å². The molecule has 3 rings (SSSR count). The fraction of sp³-hybridized carbons (Fsp3) is 0.500. The van der Waals surface area contributed by atoms with Crippen LogP contribution in [0.5, 0.6) is 0 Å². The first-order valence-corrected chi connectivity index (χ1v) is 8.36. The van der Waals surface area contributed by atoms with Crippen LogP contribution in [0, 0.1) is 13.8 Å². The number of nitrogens with zero attached hydrogens (tertiary/aromatic N) is 1. The molecule has 2 aromatic rings. The molecule has 0 saturated carbocycles. The first kappa shape index (κ1) is 15.7. The van der Waals surface area contributed by atoms with Crippen LogP contribution < -0.4 is 4.90 Å². The molecule has 0 unspecified atom stereocenters. The molecule has 0 spiro atoms. The summed E-state index contributed by atoms with van der Waals surface area (Å²) in [5.41, 5.74) is 4.62. The van der Waals surface area contributed by atoms with Gasteiger partial charge in [-0.2, -0.15) is 0 Å². The number of nitrogens with one attached hydrogen (secondary N) is 1. The Balaban J connectivity index is 1.91. The standard InChI is InChI=1S/C18H23ClN2O/c1-11-5-6-15-7-16(18(19)20-17(15)14(11)4)10-21-8-12(2)22-13(3)9-21/h5-7,12-13H,8-10H2,1-4H3/p+1/t12-,13-/m0/s1. The van der Waals surface area contributed by atoms with Gasteiger partial charge in [-0.1, -0.05) is 23.7 Å². The third-order valence-corrected chi connectivity index (χ3v) is 4.92. The van der Waals surface area contributed by atoms with Crippen LogP contribution in [0.2, 0.25) is 5.15 Å². The Morgan fingerprint density at radius 2 is 1.91 bits per heavy atom. The van der Waals surface area contributed by atoms with Gasteiger partial charge in [-0.3, -0.25) is 0 Å². The first-order valence-electron chi connectivity index (χ1n) is 7.98. The summed E-state index contributed by atoms with van der Waals surface area (Å²) in [7, 11) is 0. The Morgan fingerprint density at radius 3 is 2.59 bits per heavy atom. The lowest BCUT2D eigenvalue weighted by Crippen LogP contribution is -3.14. The molecule has 1 aromatic carbocycles. The van der Waals surface area contributed by atoms with E-state index in [1.807, 2.05) is 0 Å². The van der Waals surface area contributed by atoms with Gasteiger partial charge in [-0.25, -0.2) is 4.98 Å². The van der Waals surface area contributed by atoms with Crippen LogP contribution in [-0.2, 0) is 11.3 Å². The molecule has 1 aromatic heterocycles. The van der Waals surface area contributed by atoms with Gasteiger partial charge < -0.3 is 9.64 Å². The van der Waals surface area contributed by atoms with Crippen molar-refractivity contribution in [1.29, 1.82) is 0 Å². The number of fused-ring (bicyclic) bond motifs is 1. The Hall–Kier alpha value is -1.16. The summed E-state index contributed by atoms with van der Waals surface area (Å²) >= 11 is 6.46. The number of rotatable bonds is 2. The van der Waals surface area contributed by atoms with Crippen LogP contribution in [0.4, 0.5) is 0 Å². The van der Waals surface area contributed by atoms with E-state index in [0.29, 0.717) is 17.4 Å². The topological polar surface area (TPSA) is 26.6 Å². The molecule has 0 aliphatic carbocycles. The van der Waals surface area contributed by atoms with Crippen LogP contribution in [-0.4, -0.2) is 30.3 Å². The van der Waals surface area contributed by atoms with E-state index >= 15 is 0 Å². The maximum Gasteiger partial charge on any atom is 0.138 e. The number of aromatic nitrogens is 1. The lowest BCUT2D eigenvalue weighted by atomic mass is 10.0. The smallest absolute Gasteiger partial charge is 0.138 e. The molecule has 0 amide bonds. The van der Waals surface area contributed by atoms with Gasteiger partial charge in [0.1, 0.15) is 37.0 Å². The van der Waals surface area contributed by atoms with Crippen molar-refractivity contribution >= 4 is 22.5 Å². The highest BCUT2D eigenvalue weighted by Gasteiger charge is 2.26. The average Bonchev–Trinajstić information content (AvgIpc) is 2.44. The fourth-order valence-electron chi connectivity index (χ4n) is 3.43. The van der Waals surface area contributed by atoms with E-state index in [1.165, 1.54) is 21.4 Å². The SMILES string of the molecule is Cc1ccc2cc(C[NH+]3C[C@H](C)O[C@@H](C)C3)c(Cl)nc2c1C. The molecule has 4 heteroatoms. The number of morpholine rings is 1. The highest BCUT2D eigenvalue weighted by atomic mass is 35.5. The summed E-state index contributed by atoms with van der Waals surface area (Å²) in [6.07, 6.45) is 0.603. The van der Waals surface area contributed by atoms with E-state index in [9.17, 15) is 0 Å². The number of benzene rings is 1. The normalized spacial score (nSPS) is 25.6. The molecule has 118 valence electrons. The molecule has 1 fully saturated rings. The van der Waals surface area contributed by atoms with Crippen LogP contribution >= 0.6 is 11.6 Å². The molecule has 22 heavy (non-hydrogen) atoms. The number of hydrogen-bond acceptors (Lipinski definition) is 2. The summed E-state index contributed by atoms with van der Waals surface area (Å²) in [4.78, 5) is 6.17. The Kier molecular flexibility index (Phi) is 4.40. The quantitative estimate of drug-likeness (QED) is 0.862. The number of ether oxygens (including phenoxy) is 1. The number of pyridine rings is 1. The second kappa shape index (κ2) is 6.15. The number of halogens is 1. The minimum atomic E-state index is 0.302. The Bertz CT molecular complexity index is 691. The second-order valence-corrected chi connectivity index (χ2v) is 6.97. The molecule has 1 aliphatic rings. The van der Waals surface area contributed by atoms with E-state index in [4.69, 9.17) is 16.3 Å². The van der Waals surface area contributed by atoms with Crippen molar-refractivity contribution in [2.75, 3.05) is 13.1 Å². The van der Waals surface area contributed by atoms with Crippen molar-refractivity contribution < 1.29 is 9.64 Å². The first-order chi connectivity index (χ1) is 10.4. The van der Waals surface area contributed by atoms with Crippen molar-refractivity contribution in [2.24, 2.45) is 0 Å². The number of aryl methyl sites for hydroxylation is 2. The molecule has 0 bridgehead atoms. The van der Waals surface area contributed by atoms with Crippen LogP contribution in [0.25, 0.3) is 10.9 Å². The van der Waals surface area contributed by atoms with Gasteiger partial charge in [0.25, 0.3) is 0 Å². The summed E-state index contributed by atoms with van der Waals surface area (Å²) < 4.78 is 5.81. The van der Waals surface area contributed by atoms with Gasteiger partial charge in [0.05, 0.1) is 5.52 Å². The molecular weight excluding hydrogens is 296 g/mol. The minimum absolute atomic E-state index is 0.302. The zero-order valence-electron chi connectivity index (χ0n) is 13.7. The lowest BCUT2D eigenvalue weighted by molar-refractivity contribution is -0.928. The molecule has 0 radical (unpaired) electrons. The second-order valence-electron chi connectivity index (χ2n) is 6.61. The molecule has 1 N–H and O–H groups in total. The van der Waals surface area contributed by atoms with Crippen molar-refractivity contribution in [3.63, 3.8) is 0 Å². The maximum atomic E-state index is 6.46. The largest absolute Gasteiger partial charge is 0.364 e. The fourth-order valence-corrected chi connectivity index (χ4v) is 3.64. The zero-order chi connectivity index (χ0) is 15.9. The van der Waals surface area contributed by atoms with Gasteiger partial charge in [-0.15, -0.1) is 0 Å². The molecule has 1 saturated heterocycles. The van der Waals surface area contributed by atoms with Crippen molar-refractivity contribution in [3.05, 3.63) is 40.0 Å². The third kappa shape index (κ3) is 3.12. The average molecular weight is 320 g/mol. The molecular formula is C18H24ClN2O+. The van der Waals surface area contributed by atoms with Crippen LogP contribution in [0.3, 0.4) is 0 Å². The van der Waals surface area contributed by atoms with E-state index in [0.717, 1.165) is 30.7 Å². The van der Waals surface area contributed by atoms with Gasteiger partial charge in [0, 0.05) is 10.9 Å². The van der Waals surface area contributed by atoms with E-state index in [1.54, 1.807) is 0 Å². The zero-order valence-corrected chi connectivity index (χ0v) is 14.5. The molecule has 2 atom stereocenters. The molecule has 3 nitrogen and oxygen atoms in total. The van der Waals surface area contributed by atoms with Crippen LogP contribution in [0.1, 0.15) is 30.5 Å². The van der Waals surface area contributed by atoms with Gasteiger partial charge >= 0.3 is 0 Å². The summed E-state index contributed by atoms with van der Waals surface area (Å²) in [6, 6.07) is 6.50. The predicted octanol–water partition coefficient (Wildman–Crippen LogP) is 2.70. The van der Waals surface area contributed by atoms with Crippen molar-refractivity contribution in [1.82, 2.24) is 4.98 Å².